The Morgan fingerprint density at radius 2 is 1.60 bits per heavy atom. The molecule has 5 aromatic rings. The molecule has 0 fully saturated rings. The highest BCUT2D eigenvalue weighted by Crippen LogP contribution is 2.28. The minimum absolute atomic E-state index is 0.260. The molecule has 2 aromatic carbocycles. The van der Waals surface area contributed by atoms with Crippen LogP contribution < -0.4 is 4.89 Å². The van der Waals surface area contributed by atoms with E-state index < -0.39 is 0 Å². The molecule has 0 aliphatic heterocycles. The van der Waals surface area contributed by atoms with Gasteiger partial charge in [0.25, 0.3) is 5.88 Å². The largest absolute Gasteiger partial charge is 0.469 e. The Hall–Kier alpha value is -3.90. The smallest absolute Gasteiger partial charge is 0.264 e. The third-order valence-electron chi connectivity index (χ3n) is 4.99. The van der Waals surface area contributed by atoms with Crippen molar-refractivity contribution in [3.63, 3.8) is 0 Å². The molecule has 0 aliphatic rings. The third kappa shape index (κ3) is 3.44. The molecular formula is C24H19N3O3. The van der Waals surface area contributed by atoms with E-state index in [4.69, 9.17) is 19.3 Å². The molecular weight excluding hydrogens is 378 g/mol. The van der Waals surface area contributed by atoms with E-state index in [1.54, 1.807) is 10.7 Å². The summed E-state index contributed by atoms with van der Waals surface area (Å²) in [5, 5.41) is 9.66. The van der Waals surface area contributed by atoms with E-state index >= 15 is 0 Å². The van der Waals surface area contributed by atoms with Crippen molar-refractivity contribution < 1.29 is 14.6 Å². The number of imidazole rings is 1. The molecule has 0 aliphatic carbocycles. The Morgan fingerprint density at radius 3 is 2.30 bits per heavy atom. The number of hydrogen-bond donors (Lipinski definition) is 1. The Labute approximate surface area is 173 Å². The van der Waals surface area contributed by atoms with Gasteiger partial charge in [-0.05, 0) is 17.7 Å². The molecule has 3 aromatic heterocycles. The van der Waals surface area contributed by atoms with E-state index in [0.717, 1.165) is 28.3 Å². The van der Waals surface area contributed by atoms with Gasteiger partial charge >= 0.3 is 0 Å². The molecule has 3 heterocycles. The summed E-state index contributed by atoms with van der Waals surface area (Å²) in [7, 11) is 0. The fourth-order valence-corrected chi connectivity index (χ4v) is 3.58. The van der Waals surface area contributed by atoms with Gasteiger partial charge in [-0.15, -0.1) is 0 Å². The van der Waals surface area contributed by atoms with E-state index in [1.165, 1.54) is 0 Å². The van der Waals surface area contributed by atoms with E-state index in [1.807, 2.05) is 66.9 Å². The quantitative estimate of drug-likeness (QED) is 0.322. The molecule has 0 saturated carbocycles. The number of hydrogen-bond acceptors (Lipinski definition) is 5. The van der Waals surface area contributed by atoms with Crippen molar-refractivity contribution in [2.24, 2.45) is 0 Å². The lowest BCUT2D eigenvalue weighted by Crippen LogP contribution is -2.02. The third-order valence-corrected chi connectivity index (χ3v) is 4.99. The zero-order chi connectivity index (χ0) is 20.3. The number of aromatic nitrogens is 3. The Kier molecular flexibility index (Phi) is 4.75. The predicted octanol–water partition coefficient (Wildman–Crippen LogP) is 5.02. The first-order valence-electron chi connectivity index (χ1n) is 9.66. The van der Waals surface area contributed by atoms with E-state index in [-0.39, 0.29) is 5.88 Å². The maximum absolute atomic E-state index is 9.66. The number of rotatable bonds is 6. The zero-order valence-electron chi connectivity index (χ0n) is 16.1. The van der Waals surface area contributed by atoms with Crippen LogP contribution in [-0.4, -0.2) is 19.6 Å². The van der Waals surface area contributed by atoms with Gasteiger partial charge in [0.05, 0.1) is 24.1 Å². The fraction of sp³-hybridized carbons (Fsp3) is 0.0833. The molecule has 30 heavy (non-hydrogen) atoms. The molecule has 6 heteroatoms. The Bertz CT molecular complexity index is 1260. The summed E-state index contributed by atoms with van der Waals surface area (Å²) in [6.45, 7) is 0. The van der Waals surface area contributed by atoms with Crippen LogP contribution >= 0.6 is 0 Å². The van der Waals surface area contributed by atoms with Crippen LogP contribution in [0, 0.1) is 0 Å². The minimum Gasteiger partial charge on any atom is -0.469 e. The van der Waals surface area contributed by atoms with Gasteiger partial charge in [0.15, 0.2) is 5.65 Å². The predicted molar refractivity (Wildman–Crippen MR) is 112 cm³/mol. The Morgan fingerprint density at radius 1 is 0.833 bits per heavy atom. The Balaban J connectivity index is 1.69. The van der Waals surface area contributed by atoms with Gasteiger partial charge in [-0.2, -0.15) is 0 Å². The second-order valence-electron chi connectivity index (χ2n) is 7.01. The topological polar surface area (TPSA) is 72.8 Å². The SMILES string of the molecule is OOc1c(Cc2ccco2)nc2c(Cc3ccccc3)nc(-c3ccccc3)cn12. The normalized spacial score (nSPS) is 11.1. The van der Waals surface area contributed by atoms with Gasteiger partial charge in [0, 0.05) is 18.2 Å². The van der Waals surface area contributed by atoms with Crippen molar-refractivity contribution in [1.82, 2.24) is 14.4 Å². The highest BCUT2D eigenvalue weighted by molar-refractivity contribution is 5.63. The summed E-state index contributed by atoms with van der Waals surface area (Å²) in [6.07, 6.45) is 4.45. The molecule has 0 spiro atoms. The summed E-state index contributed by atoms with van der Waals surface area (Å²) >= 11 is 0. The van der Waals surface area contributed by atoms with Gasteiger partial charge in [-0.3, -0.25) is 4.40 Å². The fourth-order valence-electron chi connectivity index (χ4n) is 3.58. The highest BCUT2D eigenvalue weighted by Gasteiger charge is 2.20. The molecule has 0 amide bonds. The summed E-state index contributed by atoms with van der Waals surface area (Å²) in [5.74, 6) is 0.993. The monoisotopic (exact) mass is 397 g/mol. The first kappa shape index (κ1) is 18.1. The van der Waals surface area contributed by atoms with E-state index in [0.29, 0.717) is 24.2 Å². The molecule has 5 rings (SSSR count). The van der Waals surface area contributed by atoms with Crippen LogP contribution in [-0.2, 0) is 12.8 Å². The second-order valence-corrected chi connectivity index (χ2v) is 7.01. The van der Waals surface area contributed by atoms with Gasteiger partial charge < -0.3 is 9.30 Å². The highest BCUT2D eigenvalue weighted by atomic mass is 17.1. The number of nitrogens with zero attached hydrogens (tertiary/aromatic N) is 3. The lowest BCUT2D eigenvalue weighted by molar-refractivity contribution is -0.143. The second kappa shape index (κ2) is 7.85. The van der Waals surface area contributed by atoms with Crippen molar-refractivity contribution in [2.75, 3.05) is 0 Å². The molecule has 0 saturated heterocycles. The molecule has 0 radical (unpaired) electrons. The average Bonchev–Trinajstić information content (AvgIpc) is 3.43. The van der Waals surface area contributed by atoms with Crippen LogP contribution in [0.15, 0.2) is 89.7 Å². The van der Waals surface area contributed by atoms with Crippen LogP contribution in [0.1, 0.15) is 22.7 Å². The van der Waals surface area contributed by atoms with Gasteiger partial charge in [-0.25, -0.2) is 15.2 Å². The zero-order valence-corrected chi connectivity index (χ0v) is 16.1. The molecule has 0 atom stereocenters. The van der Waals surface area contributed by atoms with Crippen LogP contribution in [0.2, 0.25) is 0 Å². The van der Waals surface area contributed by atoms with Crippen molar-refractivity contribution >= 4 is 5.65 Å². The summed E-state index contributed by atoms with van der Waals surface area (Å²) in [5.41, 5.74) is 4.89. The van der Waals surface area contributed by atoms with Crippen LogP contribution in [0.25, 0.3) is 16.9 Å². The first-order chi connectivity index (χ1) is 14.8. The summed E-state index contributed by atoms with van der Waals surface area (Å²) in [4.78, 5) is 14.4. The van der Waals surface area contributed by atoms with Crippen LogP contribution in [0.3, 0.4) is 0 Å². The van der Waals surface area contributed by atoms with Crippen molar-refractivity contribution in [3.8, 4) is 17.1 Å². The van der Waals surface area contributed by atoms with Crippen LogP contribution in [0.5, 0.6) is 5.88 Å². The maximum Gasteiger partial charge on any atom is 0.264 e. The standard InChI is InChI=1S/C24H19N3O3/c28-30-24-21(15-19-12-7-13-29-19)26-23-20(14-17-8-3-1-4-9-17)25-22(16-27(23)24)18-10-5-2-6-11-18/h1-13,16,28H,14-15H2. The molecule has 0 bridgehead atoms. The number of benzene rings is 2. The first-order valence-corrected chi connectivity index (χ1v) is 9.66. The maximum atomic E-state index is 9.66. The van der Waals surface area contributed by atoms with Gasteiger partial charge in [-0.1, -0.05) is 60.7 Å². The molecule has 1 N–H and O–H groups in total. The van der Waals surface area contributed by atoms with E-state index in [2.05, 4.69) is 12.1 Å². The summed E-state index contributed by atoms with van der Waals surface area (Å²) in [6, 6.07) is 23.7. The molecule has 6 nitrogen and oxygen atoms in total. The van der Waals surface area contributed by atoms with E-state index in [9.17, 15) is 5.26 Å². The number of furan rings is 1. The molecule has 148 valence electrons. The van der Waals surface area contributed by atoms with Crippen molar-refractivity contribution in [3.05, 3.63) is 108 Å². The lowest BCUT2D eigenvalue weighted by Gasteiger charge is -2.09. The number of fused-ring (bicyclic) bond motifs is 1. The van der Waals surface area contributed by atoms with Crippen molar-refractivity contribution in [1.29, 1.82) is 0 Å². The van der Waals surface area contributed by atoms with Crippen molar-refractivity contribution in [2.45, 2.75) is 12.8 Å². The van der Waals surface area contributed by atoms with Crippen LogP contribution in [0.4, 0.5) is 0 Å². The van der Waals surface area contributed by atoms with Gasteiger partial charge in [0.1, 0.15) is 11.5 Å². The summed E-state index contributed by atoms with van der Waals surface area (Å²) < 4.78 is 7.21. The molecule has 0 unspecified atom stereocenters. The van der Waals surface area contributed by atoms with Gasteiger partial charge in [0.2, 0.25) is 0 Å². The lowest BCUT2D eigenvalue weighted by atomic mass is 10.1. The minimum atomic E-state index is 0.260. The average molecular weight is 397 g/mol.